The average Bonchev–Trinajstić information content (AvgIpc) is 3.89. The van der Waals surface area contributed by atoms with Gasteiger partial charge in [-0.15, -0.1) is 0 Å². The fourth-order valence-corrected chi connectivity index (χ4v) is 8.85. The molecule has 3 heterocycles. The Kier molecular flexibility index (Phi) is 6.61. The molecule has 0 aliphatic heterocycles. The van der Waals surface area contributed by atoms with Crippen molar-refractivity contribution < 1.29 is 0 Å². The maximum Gasteiger partial charge on any atom is 0.202 e. The Morgan fingerprint density at radius 1 is 0.345 bits per heavy atom. The predicted molar refractivity (Wildman–Crippen MR) is 227 cm³/mol. The normalized spacial score (nSPS) is 11.6. The molecule has 0 radical (unpaired) electrons. The molecule has 0 saturated heterocycles. The van der Waals surface area contributed by atoms with Crippen LogP contribution in [0.1, 0.15) is 0 Å². The molecule has 3 aromatic heterocycles. The second-order valence-corrected chi connectivity index (χ2v) is 13.9. The summed E-state index contributed by atoms with van der Waals surface area (Å²) < 4.78 is 7.09. The van der Waals surface area contributed by atoms with Crippen molar-refractivity contribution in [3.05, 3.63) is 199 Å². The molecule has 5 nitrogen and oxygen atoms in total. The van der Waals surface area contributed by atoms with Crippen LogP contribution in [0.3, 0.4) is 0 Å². The van der Waals surface area contributed by atoms with E-state index in [1.165, 1.54) is 10.8 Å². The number of nitrogens with zero attached hydrogens (tertiary/aromatic N) is 5. The van der Waals surface area contributed by atoms with Crippen molar-refractivity contribution in [2.45, 2.75) is 0 Å². The number of rotatable bonds is 4. The van der Waals surface area contributed by atoms with Crippen LogP contribution in [0.4, 0.5) is 11.4 Å². The molecule has 0 atom stereocenters. The highest BCUT2D eigenvalue weighted by Gasteiger charge is 2.25. The zero-order valence-electron chi connectivity index (χ0n) is 29.5. The minimum absolute atomic E-state index is 0.346. The van der Waals surface area contributed by atoms with Gasteiger partial charge in [-0.3, -0.25) is 4.85 Å². The standard InChI is InChI=1S/C50H29N5/c1-51-42-24-15-23-37(48(42)52-2)40-30-34(54-43-25-12-9-20-35(43)36-21-10-13-26-44(36)54)31-41-38-28-29-46-47(50(38)55(49(40)41)33-18-7-4-8-19-33)39-22-11-14-27-45(39)53(46)32-16-5-3-6-17-32/h3-31H. The molecule has 55 heavy (non-hydrogen) atoms. The number of para-hydroxylation sites is 6. The third kappa shape index (κ3) is 4.33. The van der Waals surface area contributed by atoms with Gasteiger partial charge >= 0.3 is 0 Å². The minimum atomic E-state index is 0.346. The molecule has 0 bridgehead atoms. The summed E-state index contributed by atoms with van der Waals surface area (Å²) in [4.78, 5) is 7.83. The lowest BCUT2D eigenvalue weighted by molar-refractivity contribution is 1.17. The molecule has 0 aliphatic carbocycles. The van der Waals surface area contributed by atoms with Crippen molar-refractivity contribution in [1.82, 2.24) is 13.7 Å². The molecule has 8 aromatic carbocycles. The lowest BCUT2D eigenvalue weighted by atomic mass is 9.98. The maximum absolute atomic E-state index is 8.37. The van der Waals surface area contributed by atoms with Crippen molar-refractivity contribution in [2.24, 2.45) is 0 Å². The average molecular weight is 700 g/mol. The van der Waals surface area contributed by atoms with Gasteiger partial charge in [-0.2, -0.15) is 0 Å². The first-order valence-corrected chi connectivity index (χ1v) is 18.3. The molecule has 11 rings (SSSR count). The molecule has 254 valence electrons. The highest BCUT2D eigenvalue weighted by atomic mass is 15.0. The van der Waals surface area contributed by atoms with Crippen LogP contribution in [0.15, 0.2) is 176 Å². The quantitative estimate of drug-likeness (QED) is 0.163. The first kappa shape index (κ1) is 30.7. The van der Waals surface area contributed by atoms with E-state index in [0.29, 0.717) is 11.4 Å². The topological polar surface area (TPSA) is 23.5 Å². The fraction of sp³-hybridized carbons (Fsp3) is 0. The number of hydrogen-bond acceptors (Lipinski definition) is 0. The summed E-state index contributed by atoms with van der Waals surface area (Å²) in [5.74, 6) is 0. The van der Waals surface area contributed by atoms with E-state index in [-0.39, 0.29) is 0 Å². The van der Waals surface area contributed by atoms with E-state index < -0.39 is 0 Å². The third-order valence-electron chi connectivity index (χ3n) is 11.0. The van der Waals surface area contributed by atoms with Gasteiger partial charge in [0.25, 0.3) is 0 Å². The monoisotopic (exact) mass is 699 g/mol. The summed E-state index contributed by atoms with van der Waals surface area (Å²) in [6.45, 7) is 16.4. The fourth-order valence-electron chi connectivity index (χ4n) is 8.85. The van der Waals surface area contributed by atoms with Crippen LogP contribution in [0.2, 0.25) is 0 Å². The van der Waals surface area contributed by atoms with Gasteiger partial charge in [0, 0.05) is 49.4 Å². The van der Waals surface area contributed by atoms with Gasteiger partial charge in [-0.1, -0.05) is 115 Å². The summed E-state index contributed by atoms with van der Waals surface area (Å²) in [5.41, 5.74) is 12.0. The highest BCUT2D eigenvalue weighted by Crippen LogP contribution is 2.48. The molecular weight excluding hydrogens is 671 g/mol. The molecule has 0 unspecified atom stereocenters. The summed E-state index contributed by atoms with van der Waals surface area (Å²) >= 11 is 0. The zero-order valence-corrected chi connectivity index (χ0v) is 29.5. The van der Waals surface area contributed by atoms with E-state index in [4.69, 9.17) is 13.1 Å². The maximum atomic E-state index is 8.37. The van der Waals surface area contributed by atoms with Gasteiger partial charge in [0.2, 0.25) is 5.69 Å². The lowest BCUT2D eigenvalue weighted by Crippen LogP contribution is -1.99. The Labute approximate surface area is 316 Å². The van der Waals surface area contributed by atoms with Crippen molar-refractivity contribution in [2.75, 3.05) is 0 Å². The van der Waals surface area contributed by atoms with E-state index in [2.05, 4.69) is 175 Å². The Bertz CT molecular complexity index is 3390. The van der Waals surface area contributed by atoms with Crippen molar-refractivity contribution in [3.8, 4) is 28.2 Å². The SMILES string of the molecule is [C-]#[N+]c1cccc(-c2cc(-n3c4ccccc4c4ccccc43)cc3c4ccc5c(c6ccccc6n5-c5ccccc5)c4n(-c4ccccc4)c23)c1[N+]#[C-]. The van der Waals surface area contributed by atoms with Gasteiger partial charge in [-0.25, -0.2) is 4.85 Å². The Hall–Kier alpha value is -7.86. The van der Waals surface area contributed by atoms with Crippen molar-refractivity contribution in [3.63, 3.8) is 0 Å². The molecular formula is C50H29N5. The Balaban J connectivity index is 1.40. The summed E-state index contributed by atoms with van der Waals surface area (Å²) in [6.07, 6.45) is 0. The van der Waals surface area contributed by atoms with Gasteiger partial charge in [0.1, 0.15) is 0 Å². The van der Waals surface area contributed by atoms with E-state index in [0.717, 1.165) is 82.8 Å². The summed E-state index contributed by atoms with van der Waals surface area (Å²) in [6, 6.07) is 61.5. The molecule has 0 amide bonds. The molecule has 0 saturated carbocycles. The highest BCUT2D eigenvalue weighted by molar-refractivity contribution is 6.28. The summed E-state index contributed by atoms with van der Waals surface area (Å²) in [7, 11) is 0. The Morgan fingerprint density at radius 3 is 1.55 bits per heavy atom. The molecule has 5 heteroatoms. The van der Waals surface area contributed by atoms with Crippen LogP contribution >= 0.6 is 0 Å². The van der Waals surface area contributed by atoms with Gasteiger partial charge in [-0.05, 0) is 71.8 Å². The van der Waals surface area contributed by atoms with Crippen LogP contribution in [-0.2, 0) is 0 Å². The number of fused-ring (bicyclic) bond motifs is 10. The number of benzene rings is 8. The van der Waals surface area contributed by atoms with Crippen LogP contribution in [0.25, 0.3) is 103 Å². The molecule has 0 N–H and O–H groups in total. The minimum Gasteiger partial charge on any atom is -0.309 e. The van der Waals surface area contributed by atoms with Crippen LogP contribution in [-0.4, -0.2) is 13.7 Å². The molecule has 0 aliphatic rings. The Morgan fingerprint density at radius 2 is 0.909 bits per heavy atom. The number of aromatic nitrogens is 3. The first-order valence-electron chi connectivity index (χ1n) is 18.3. The first-order chi connectivity index (χ1) is 27.2. The van der Waals surface area contributed by atoms with E-state index >= 15 is 0 Å². The van der Waals surface area contributed by atoms with Crippen LogP contribution in [0, 0.1) is 13.1 Å². The molecule has 11 aromatic rings. The van der Waals surface area contributed by atoms with Crippen LogP contribution in [0.5, 0.6) is 0 Å². The van der Waals surface area contributed by atoms with E-state index in [1.807, 2.05) is 18.2 Å². The lowest BCUT2D eigenvalue weighted by Gasteiger charge is -2.16. The van der Waals surface area contributed by atoms with E-state index in [1.54, 1.807) is 6.07 Å². The van der Waals surface area contributed by atoms with Gasteiger partial charge < -0.3 is 13.7 Å². The second kappa shape index (κ2) is 11.8. The van der Waals surface area contributed by atoms with Crippen molar-refractivity contribution in [1.29, 1.82) is 0 Å². The van der Waals surface area contributed by atoms with Crippen LogP contribution < -0.4 is 0 Å². The van der Waals surface area contributed by atoms with E-state index in [9.17, 15) is 0 Å². The molecule has 0 spiro atoms. The summed E-state index contributed by atoms with van der Waals surface area (Å²) in [5, 5.41) is 6.85. The zero-order chi connectivity index (χ0) is 36.6. The predicted octanol–water partition coefficient (Wildman–Crippen LogP) is 13.7. The number of hydrogen-bond donors (Lipinski definition) is 0. The second-order valence-electron chi connectivity index (χ2n) is 13.9. The largest absolute Gasteiger partial charge is 0.309 e. The molecule has 0 fully saturated rings. The smallest absolute Gasteiger partial charge is 0.202 e. The van der Waals surface area contributed by atoms with Gasteiger partial charge in [0.15, 0.2) is 5.69 Å². The van der Waals surface area contributed by atoms with Gasteiger partial charge in [0.05, 0.1) is 46.2 Å². The van der Waals surface area contributed by atoms with Crippen molar-refractivity contribution >= 4 is 76.8 Å². The third-order valence-corrected chi connectivity index (χ3v) is 11.0.